The number of sulfonamides is 1. The van der Waals surface area contributed by atoms with E-state index in [4.69, 9.17) is 4.74 Å². The van der Waals surface area contributed by atoms with Gasteiger partial charge in [0.2, 0.25) is 0 Å². The number of carbonyl (C=O) groups is 1. The molecule has 3 rings (SSSR count). The maximum absolute atomic E-state index is 14.0. The van der Waals surface area contributed by atoms with Gasteiger partial charge in [0.15, 0.2) is 11.6 Å². The van der Waals surface area contributed by atoms with Gasteiger partial charge in [-0.15, -0.1) is 0 Å². The van der Waals surface area contributed by atoms with E-state index in [9.17, 15) is 17.6 Å². The third-order valence-electron chi connectivity index (χ3n) is 4.05. The lowest BCUT2D eigenvalue weighted by Crippen LogP contribution is -2.31. The summed E-state index contributed by atoms with van der Waals surface area (Å²) in [7, 11) is -1.26. The highest BCUT2D eigenvalue weighted by atomic mass is 79.9. The van der Waals surface area contributed by atoms with E-state index in [-0.39, 0.29) is 22.1 Å². The summed E-state index contributed by atoms with van der Waals surface area (Å²) in [4.78, 5) is 20.4. The number of carbonyl (C=O) groups excluding carboxylic acids is 1. The zero-order valence-corrected chi connectivity index (χ0v) is 18.0. The fourth-order valence-corrected chi connectivity index (χ4v) is 4.48. The first-order valence-corrected chi connectivity index (χ1v) is 10.5. The highest BCUT2D eigenvalue weighted by molar-refractivity contribution is 9.10. The Morgan fingerprint density at radius 3 is 2.72 bits per heavy atom. The number of aromatic nitrogens is 3. The molecule has 2 heterocycles. The van der Waals surface area contributed by atoms with Crippen molar-refractivity contribution >= 4 is 31.9 Å². The molecular weight excluding hydrogens is 467 g/mol. The molecule has 0 fully saturated rings. The molecule has 0 saturated heterocycles. The van der Waals surface area contributed by atoms with Crippen molar-refractivity contribution in [3.63, 3.8) is 0 Å². The molecule has 0 radical (unpaired) electrons. The Hall–Kier alpha value is -2.79. The van der Waals surface area contributed by atoms with E-state index in [0.717, 1.165) is 0 Å². The molecule has 29 heavy (non-hydrogen) atoms. The minimum atomic E-state index is -4.20. The van der Waals surface area contributed by atoms with Crippen molar-refractivity contribution in [3.05, 3.63) is 58.2 Å². The Morgan fingerprint density at radius 2 is 2.07 bits per heavy atom. The molecule has 0 spiro atoms. The first-order chi connectivity index (χ1) is 13.6. The molecule has 0 aliphatic rings. The van der Waals surface area contributed by atoms with Crippen molar-refractivity contribution in [2.24, 2.45) is 7.05 Å². The molecule has 3 aromatic rings. The van der Waals surface area contributed by atoms with E-state index in [0.29, 0.717) is 15.8 Å². The quantitative estimate of drug-likeness (QED) is 0.599. The highest BCUT2D eigenvalue weighted by Crippen LogP contribution is 2.30. The van der Waals surface area contributed by atoms with Crippen molar-refractivity contribution in [3.8, 4) is 17.3 Å². The second kappa shape index (κ2) is 7.91. The fraction of sp³-hybridized carbons (Fsp3) is 0.167. The molecule has 0 saturated carbocycles. The SMILES string of the molecule is COc1cc(S(=O)(=O)NC(=O)c2cn(C)c(-c3ncccc3F)n2)c(C)cc1Br. The van der Waals surface area contributed by atoms with Gasteiger partial charge in [-0.05, 0) is 46.6 Å². The summed E-state index contributed by atoms with van der Waals surface area (Å²) in [6, 6.07) is 5.52. The third kappa shape index (κ3) is 4.15. The van der Waals surface area contributed by atoms with Crippen LogP contribution in [0.4, 0.5) is 4.39 Å². The van der Waals surface area contributed by atoms with Crippen LogP contribution in [0.5, 0.6) is 5.75 Å². The minimum Gasteiger partial charge on any atom is -0.496 e. The first-order valence-electron chi connectivity index (χ1n) is 8.19. The molecule has 1 aromatic carbocycles. The van der Waals surface area contributed by atoms with Gasteiger partial charge in [-0.2, -0.15) is 0 Å². The highest BCUT2D eigenvalue weighted by Gasteiger charge is 2.25. The average molecular weight is 483 g/mol. The Balaban J connectivity index is 1.93. The maximum Gasteiger partial charge on any atom is 0.285 e. The number of hydrogen-bond donors (Lipinski definition) is 1. The second-order valence-electron chi connectivity index (χ2n) is 6.08. The van der Waals surface area contributed by atoms with Crippen LogP contribution in [0, 0.1) is 12.7 Å². The van der Waals surface area contributed by atoms with Crippen molar-refractivity contribution < 1.29 is 22.3 Å². The molecule has 0 unspecified atom stereocenters. The second-order valence-corrected chi connectivity index (χ2v) is 8.59. The Kier molecular flexibility index (Phi) is 5.71. The van der Waals surface area contributed by atoms with E-state index >= 15 is 0 Å². The van der Waals surface area contributed by atoms with Gasteiger partial charge >= 0.3 is 0 Å². The van der Waals surface area contributed by atoms with Crippen LogP contribution in [-0.2, 0) is 17.1 Å². The summed E-state index contributed by atoms with van der Waals surface area (Å²) < 4.78 is 48.5. The van der Waals surface area contributed by atoms with Gasteiger partial charge < -0.3 is 9.30 Å². The zero-order chi connectivity index (χ0) is 21.3. The Bertz CT molecular complexity index is 1210. The zero-order valence-electron chi connectivity index (χ0n) is 15.6. The monoisotopic (exact) mass is 482 g/mol. The Morgan fingerprint density at radius 1 is 1.34 bits per heavy atom. The molecule has 8 nitrogen and oxygen atoms in total. The number of halogens is 2. The fourth-order valence-electron chi connectivity index (χ4n) is 2.66. The third-order valence-corrected chi connectivity index (χ3v) is 6.14. The standard InChI is InChI=1S/C18H16BrFN4O4S/c1-10-7-11(19)14(28-3)8-15(10)29(26,27)23-18(25)13-9-24(2)17(22-13)16-12(20)5-4-6-21-16/h4-9H,1-3H3,(H,23,25). The van der Waals surface area contributed by atoms with Crippen LogP contribution in [0.1, 0.15) is 16.1 Å². The summed E-state index contributed by atoms with van der Waals surface area (Å²) in [5.74, 6) is -1.18. The Labute approximate surface area is 174 Å². The van der Waals surface area contributed by atoms with Gasteiger partial charge in [0.25, 0.3) is 15.9 Å². The molecule has 152 valence electrons. The van der Waals surface area contributed by atoms with Gasteiger partial charge in [0.05, 0.1) is 16.5 Å². The largest absolute Gasteiger partial charge is 0.496 e. The lowest BCUT2D eigenvalue weighted by Gasteiger charge is -2.11. The van der Waals surface area contributed by atoms with Crippen LogP contribution in [0.25, 0.3) is 11.5 Å². The summed E-state index contributed by atoms with van der Waals surface area (Å²) in [5.41, 5.74) is 0.165. The number of ether oxygens (including phenoxy) is 1. The number of methoxy groups -OCH3 is 1. The van der Waals surface area contributed by atoms with E-state index in [2.05, 4.69) is 25.9 Å². The van der Waals surface area contributed by atoms with Gasteiger partial charge in [0.1, 0.15) is 17.1 Å². The minimum absolute atomic E-state index is 0.0506. The van der Waals surface area contributed by atoms with Gasteiger partial charge in [-0.3, -0.25) is 4.79 Å². The summed E-state index contributed by atoms with van der Waals surface area (Å²) in [5, 5.41) is 0. The molecule has 1 N–H and O–H groups in total. The van der Waals surface area contributed by atoms with Crippen LogP contribution in [0.2, 0.25) is 0 Å². The molecule has 0 bridgehead atoms. The van der Waals surface area contributed by atoms with Crippen LogP contribution in [-0.4, -0.2) is 36.0 Å². The molecule has 0 aliphatic carbocycles. The normalized spacial score (nSPS) is 11.3. The molecule has 2 aromatic heterocycles. The van der Waals surface area contributed by atoms with Crippen molar-refractivity contribution in [1.82, 2.24) is 19.3 Å². The van der Waals surface area contributed by atoms with Crippen LogP contribution >= 0.6 is 15.9 Å². The number of amides is 1. The van der Waals surface area contributed by atoms with Crippen LogP contribution in [0.15, 0.2) is 46.0 Å². The average Bonchev–Trinajstić information content (AvgIpc) is 3.03. The molecule has 0 aliphatic heterocycles. The van der Waals surface area contributed by atoms with Crippen molar-refractivity contribution in [2.75, 3.05) is 7.11 Å². The number of nitrogens with zero attached hydrogens (tertiary/aromatic N) is 3. The predicted molar refractivity (Wildman–Crippen MR) is 106 cm³/mol. The van der Waals surface area contributed by atoms with Crippen LogP contribution in [0.3, 0.4) is 0 Å². The van der Waals surface area contributed by atoms with Gasteiger partial charge in [-0.1, -0.05) is 0 Å². The number of hydrogen-bond acceptors (Lipinski definition) is 6. The topological polar surface area (TPSA) is 103 Å². The first kappa shape index (κ1) is 20.9. The molecule has 1 amide bonds. The number of imidazole rings is 1. The number of benzene rings is 1. The summed E-state index contributed by atoms with van der Waals surface area (Å²) in [6.45, 7) is 1.59. The smallest absolute Gasteiger partial charge is 0.285 e. The van der Waals surface area contributed by atoms with Gasteiger partial charge in [-0.25, -0.2) is 27.5 Å². The van der Waals surface area contributed by atoms with E-state index in [1.54, 1.807) is 20.0 Å². The lowest BCUT2D eigenvalue weighted by molar-refractivity contribution is 0.0977. The number of aryl methyl sites for hydroxylation is 2. The lowest BCUT2D eigenvalue weighted by atomic mass is 10.2. The van der Waals surface area contributed by atoms with Crippen molar-refractivity contribution in [2.45, 2.75) is 11.8 Å². The molecule has 0 atom stereocenters. The number of pyridine rings is 1. The predicted octanol–water partition coefficient (Wildman–Crippen LogP) is 2.82. The molecule has 11 heteroatoms. The van der Waals surface area contributed by atoms with E-state index in [1.807, 2.05) is 4.72 Å². The van der Waals surface area contributed by atoms with Crippen molar-refractivity contribution in [1.29, 1.82) is 0 Å². The number of rotatable bonds is 5. The summed E-state index contributed by atoms with van der Waals surface area (Å²) >= 11 is 3.28. The maximum atomic E-state index is 14.0. The van der Waals surface area contributed by atoms with E-state index < -0.39 is 21.7 Å². The van der Waals surface area contributed by atoms with Gasteiger partial charge in [0, 0.05) is 25.5 Å². The summed E-state index contributed by atoms with van der Waals surface area (Å²) in [6.07, 6.45) is 2.68. The van der Waals surface area contributed by atoms with E-state index in [1.165, 1.54) is 42.3 Å². The molecular formula is C18H16BrFN4O4S. The number of nitrogens with one attached hydrogen (secondary N) is 1. The van der Waals surface area contributed by atoms with Crippen LogP contribution < -0.4 is 9.46 Å².